The van der Waals surface area contributed by atoms with E-state index in [0.717, 1.165) is 5.56 Å². The molecule has 22 heavy (non-hydrogen) atoms. The molecule has 0 aliphatic heterocycles. The van der Waals surface area contributed by atoms with Crippen LogP contribution in [0.1, 0.15) is 31.8 Å². The number of benzene rings is 2. The highest BCUT2D eigenvalue weighted by atomic mass is 16.5. The normalized spacial score (nSPS) is 10.5. The third-order valence-electron chi connectivity index (χ3n) is 3.13. The minimum atomic E-state index is -0.501. The monoisotopic (exact) mass is 296 g/mol. The van der Waals surface area contributed by atoms with Crippen LogP contribution in [0.25, 0.3) is 12.2 Å². The Balaban J connectivity index is 2.40. The van der Waals surface area contributed by atoms with Crippen molar-refractivity contribution in [3.8, 4) is 0 Å². The van der Waals surface area contributed by atoms with Crippen molar-refractivity contribution in [3.05, 3.63) is 70.8 Å². The first kappa shape index (κ1) is 15.5. The molecular formula is C18H16O4. The van der Waals surface area contributed by atoms with E-state index in [-0.39, 0.29) is 0 Å². The van der Waals surface area contributed by atoms with Crippen LogP contribution in [-0.4, -0.2) is 26.2 Å². The van der Waals surface area contributed by atoms with Gasteiger partial charge in [-0.25, -0.2) is 9.59 Å². The molecule has 0 aliphatic carbocycles. The lowest BCUT2D eigenvalue weighted by Gasteiger charge is -2.07. The van der Waals surface area contributed by atoms with E-state index in [9.17, 15) is 9.59 Å². The van der Waals surface area contributed by atoms with Crippen LogP contribution < -0.4 is 0 Å². The summed E-state index contributed by atoms with van der Waals surface area (Å²) in [6.45, 7) is 0. The average Bonchev–Trinajstić information content (AvgIpc) is 2.59. The highest BCUT2D eigenvalue weighted by Gasteiger charge is 2.14. The van der Waals surface area contributed by atoms with Gasteiger partial charge in [-0.1, -0.05) is 48.6 Å². The van der Waals surface area contributed by atoms with E-state index in [2.05, 4.69) is 4.74 Å². The van der Waals surface area contributed by atoms with Crippen molar-refractivity contribution in [2.45, 2.75) is 0 Å². The SMILES string of the molecule is COC(=O)c1ccc(/C=C/c2ccccc2)c(C(=O)OC)c1. The third-order valence-corrected chi connectivity index (χ3v) is 3.13. The van der Waals surface area contributed by atoms with Crippen LogP contribution in [0, 0.1) is 0 Å². The zero-order valence-corrected chi connectivity index (χ0v) is 12.4. The lowest BCUT2D eigenvalue weighted by molar-refractivity contribution is 0.0599. The molecule has 0 N–H and O–H groups in total. The Morgan fingerprint density at radius 3 is 2.18 bits per heavy atom. The molecule has 0 aromatic heterocycles. The molecule has 0 amide bonds. The molecule has 0 saturated carbocycles. The Hall–Kier alpha value is -2.88. The summed E-state index contributed by atoms with van der Waals surface area (Å²) in [4.78, 5) is 23.5. The Kier molecular flexibility index (Phi) is 5.09. The largest absolute Gasteiger partial charge is 0.465 e. The zero-order chi connectivity index (χ0) is 15.9. The van der Waals surface area contributed by atoms with Gasteiger partial charge in [-0.3, -0.25) is 0 Å². The second-order valence-corrected chi connectivity index (χ2v) is 4.53. The van der Waals surface area contributed by atoms with Crippen LogP contribution in [0.2, 0.25) is 0 Å². The molecule has 0 atom stereocenters. The zero-order valence-electron chi connectivity index (χ0n) is 12.4. The van der Waals surface area contributed by atoms with Crippen molar-refractivity contribution in [2.75, 3.05) is 14.2 Å². The summed E-state index contributed by atoms with van der Waals surface area (Å²) in [6.07, 6.45) is 3.70. The molecule has 0 spiro atoms. The highest BCUT2D eigenvalue weighted by molar-refractivity contribution is 5.98. The van der Waals surface area contributed by atoms with Gasteiger partial charge in [0, 0.05) is 0 Å². The van der Waals surface area contributed by atoms with Crippen molar-refractivity contribution < 1.29 is 19.1 Å². The molecule has 2 aromatic rings. The number of rotatable bonds is 4. The second kappa shape index (κ2) is 7.22. The van der Waals surface area contributed by atoms with Gasteiger partial charge in [-0.05, 0) is 23.3 Å². The van der Waals surface area contributed by atoms with Gasteiger partial charge in [-0.2, -0.15) is 0 Å². The standard InChI is InChI=1S/C18H16O4/c1-21-17(19)15-11-10-14(16(12-15)18(20)22-2)9-8-13-6-4-3-5-7-13/h3-12H,1-2H3/b9-8+. The quantitative estimate of drug-likeness (QED) is 0.640. The number of methoxy groups -OCH3 is 2. The topological polar surface area (TPSA) is 52.6 Å². The molecule has 0 aliphatic rings. The van der Waals surface area contributed by atoms with Gasteiger partial charge >= 0.3 is 11.9 Å². The number of ether oxygens (including phenoxy) is 2. The number of carbonyl (C=O) groups is 2. The minimum absolute atomic E-state index is 0.305. The molecule has 0 fully saturated rings. The second-order valence-electron chi connectivity index (χ2n) is 4.53. The number of esters is 2. The summed E-state index contributed by atoms with van der Waals surface area (Å²) in [7, 11) is 2.60. The predicted octanol–water partition coefficient (Wildman–Crippen LogP) is 3.43. The molecule has 0 bridgehead atoms. The van der Waals surface area contributed by atoms with E-state index in [1.807, 2.05) is 42.5 Å². The number of hydrogen-bond donors (Lipinski definition) is 0. The molecule has 0 unspecified atom stereocenters. The van der Waals surface area contributed by atoms with Crippen molar-refractivity contribution in [1.29, 1.82) is 0 Å². The molecule has 2 rings (SSSR count). The molecule has 4 heteroatoms. The molecule has 4 nitrogen and oxygen atoms in total. The van der Waals surface area contributed by atoms with Crippen LogP contribution in [0.4, 0.5) is 0 Å². The predicted molar refractivity (Wildman–Crippen MR) is 84.5 cm³/mol. The molecule has 0 heterocycles. The first-order chi connectivity index (χ1) is 10.7. The van der Waals surface area contributed by atoms with Gasteiger partial charge in [0.2, 0.25) is 0 Å². The third kappa shape index (κ3) is 3.61. The highest BCUT2D eigenvalue weighted by Crippen LogP contribution is 2.17. The summed E-state index contributed by atoms with van der Waals surface area (Å²) in [6, 6.07) is 14.5. The van der Waals surface area contributed by atoms with Crippen molar-refractivity contribution >= 4 is 24.1 Å². The van der Waals surface area contributed by atoms with E-state index in [0.29, 0.717) is 16.7 Å². The molecule has 2 aromatic carbocycles. The van der Waals surface area contributed by atoms with Crippen LogP contribution in [0.3, 0.4) is 0 Å². The van der Waals surface area contributed by atoms with E-state index in [1.165, 1.54) is 20.3 Å². The van der Waals surface area contributed by atoms with E-state index < -0.39 is 11.9 Å². The fourth-order valence-corrected chi connectivity index (χ4v) is 1.98. The lowest BCUT2D eigenvalue weighted by atomic mass is 10.0. The first-order valence-electron chi connectivity index (χ1n) is 6.69. The van der Waals surface area contributed by atoms with E-state index in [4.69, 9.17) is 4.74 Å². The maximum atomic E-state index is 11.9. The summed E-state index contributed by atoms with van der Waals surface area (Å²) in [5.74, 6) is -0.998. The maximum absolute atomic E-state index is 11.9. The Labute approximate surface area is 129 Å². The Morgan fingerprint density at radius 1 is 0.864 bits per heavy atom. The smallest absolute Gasteiger partial charge is 0.338 e. The number of carbonyl (C=O) groups excluding carboxylic acids is 2. The van der Waals surface area contributed by atoms with Gasteiger partial charge in [0.1, 0.15) is 0 Å². The molecule has 0 saturated heterocycles. The van der Waals surface area contributed by atoms with E-state index >= 15 is 0 Å². The summed E-state index contributed by atoms with van der Waals surface area (Å²) < 4.78 is 9.44. The molecular weight excluding hydrogens is 280 g/mol. The summed E-state index contributed by atoms with van der Waals surface area (Å²) in [5, 5.41) is 0. The van der Waals surface area contributed by atoms with Crippen LogP contribution >= 0.6 is 0 Å². The summed E-state index contributed by atoms with van der Waals surface area (Å²) in [5.41, 5.74) is 2.30. The Morgan fingerprint density at radius 2 is 1.55 bits per heavy atom. The van der Waals surface area contributed by atoms with Gasteiger partial charge in [0.25, 0.3) is 0 Å². The lowest BCUT2D eigenvalue weighted by Crippen LogP contribution is -2.08. The van der Waals surface area contributed by atoms with Gasteiger partial charge in [0.05, 0.1) is 25.3 Å². The van der Waals surface area contributed by atoms with Crippen molar-refractivity contribution in [3.63, 3.8) is 0 Å². The molecule has 112 valence electrons. The van der Waals surface area contributed by atoms with Gasteiger partial charge in [0.15, 0.2) is 0 Å². The molecule has 0 radical (unpaired) electrons. The average molecular weight is 296 g/mol. The number of hydrogen-bond acceptors (Lipinski definition) is 4. The summed E-state index contributed by atoms with van der Waals surface area (Å²) >= 11 is 0. The van der Waals surface area contributed by atoms with Gasteiger partial charge in [-0.15, -0.1) is 0 Å². The fourth-order valence-electron chi connectivity index (χ4n) is 1.98. The van der Waals surface area contributed by atoms with Crippen molar-refractivity contribution in [1.82, 2.24) is 0 Å². The van der Waals surface area contributed by atoms with Crippen LogP contribution in [0.5, 0.6) is 0 Å². The van der Waals surface area contributed by atoms with Crippen LogP contribution in [-0.2, 0) is 9.47 Å². The van der Waals surface area contributed by atoms with Gasteiger partial charge < -0.3 is 9.47 Å². The fraction of sp³-hybridized carbons (Fsp3) is 0.111. The first-order valence-corrected chi connectivity index (χ1v) is 6.69. The van der Waals surface area contributed by atoms with Crippen LogP contribution in [0.15, 0.2) is 48.5 Å². The van der Waals surface area contributed by atoms with E-state index in [1.54, 1.807) is 12.1 Å². The Bertz CT molecular complexity index is 702. The minimum Gasteiger partial charge on any atom is -0.465 e. The van der Waals surface area contributed by atoms with Crippen molar-refractivity contribution in [2.24, 2.45) is 0 Å². The maximum Gasteiger partial charge on any atom is 0.338 e.